The van der Waals surface area contributed by atoms with Gasteiger partial charge in [-0.05, 0) is 25.1 Å². The summed E-state index contributed by atoms with van der Waals surface area (Å²) in [7, 11) is 0. The fourth-order valence-corrected chi connectivity index (χ4v) is 3.15. The average molecular weight is 434 g/mol. The molecule has 9 heteroatoms. The van der Waals surface area contributed by atoms with E-state index in [0.717, 1.165) is 4.47 Å². The van der Waals surface area contributed by atoms with Gasteiger partial charge in [0.2, 0.25) is 0 Å². The van der Waals surface area contributed by atoms with Gasteiger partial charge in [-0.15, -0.1) is 11.3 Å². The molecule has 0 atom stereocenters. The quantitative estimate of drug-likeness (QED) is 0.674. The van der Waals surface area contributed by atoms with Crippen LogP contribution in [0.5, 0.6) is 5.75 Å². The van der Waals surface area contributed by atoms with E-state index in [1.165, 1.54) is 11.3 Å². The predicted octanol–water partition coefficient (Wildman–Crippen LogP) is 3.68. The number of anilines is 1. The van der Waals surface area contributed by atoms with Crippen LogP contribution in [0.3, 0.4) is 0 Å². The normalized spacial score (nSPS) is 10.3. The lowest BCUT2D eigenvalue weighted by molar-refractivity contribution is -0.142. The maximum absolute atomic E-state index is 11.9. The van der Waals surface area contributed by atoms with E-state index in [-0.39, 0.29) is 24.9 Å². The average Bonchev–Trinajstić information content (AvgIpc) is 2.93. The van der Waals surface area contributed by atoms with Crippen LogP contribution in [0.15, 0.2) is 28.1 Å². The van der Waals surface area contributed by atoms with Gasteiger partial charge in [-0.3, -0.25) is 14.9 Å². The smallest absolute Gasteiger partial charge is 0.311 e. The zero-order valence-corrected chi connectivity index (χ0v) is 15.8. The van der Waals surface area contributed by atoms with Crippen LogP contribution in [-0.4, -0.2) is 30.1 Å². The van der Waals surface area contributed by atoms with Crippen molar-refractivity contribution in [3.63, 3.8) is 0 Å². The largest absolute Gasteiger partial charge is 0.482 e. The second-order valence-electron chi connectivity index (χ2n) is 4.54. The molecule has 0 saturated heterocycles. The highest BCUT2D eigenvalue weighted by Crippen LogP contribution is 2.27. The molecule has 2 rings (SSSR count). The van der Waals surface area contributed by atoms with E-state index in [2.05, 4.69) is 26.2 Å². The van der Waals surface area contributed by atoms with Crippen LogP contribution in [0.4, 0.5) is 5.13 Å². The van der Waals surface area contributed by atoms with Crippen LogP contribution in [0.25, 0.3) is 0 Å². The summed E-state index contributed by atoms with van der Waals surface area (Å²) in [6.45, 7) is 1.86. The molecule has 1 amide bonds. The Morgan fingerprint density at radius 3 is 2.92 bits per heavy atom. The number of rotatable bonds is 7. The summed E-state index contributed by atoms with van der Waals surface area (Å²) in [5.41, 5.74) is 0.547. The summed E-state index contributed by atoms with van der Waals surface area (Å²) < 4.78 is 11.0. The van der Waals surface area contributed by atoms with Gasteiger partial charge in [0, 0.05) is 9.85 Å². The van der Waals surface area contributed by atoms with Crippen molar-refractivity contribution in [3.8, 4) is 5.75 Å². The first-order valence-electron chi connectivity index (χ1n) is 6.95. The van der Waals surface area contributed by atoms with Crippen LogP contribution in [0.1, 0.15) is 12.6 Å². The number of amides is 1. The van der Waals surface area contributed by atoms with Crippen molar-refractivity contribution in [2.24, 2.45) is 0 Å². The number of hydrogen-bond donors (Lipinski definition) is 1. The number of carbonyl (C=O) groups excluding carboxylic acids is 2. The lowest BCUT2D eigenvalue weighted by atomic mass is 10.3. The molecule has 1 aromatic carbocycles. The Morgan fingerprint density at radius 2 is 2.21 bits per heavy atom. The zero-order chi connectivity index (χ0) is 17.5. The van der Waals surface area contributed by atoms with Crippen molar-refractivity contribution in [3.05, 3.63) is 38.8 Å². The van der Waals surface area contributed by atoms with Gasteiger partial charge in [-0.25, -0.2) is 4.98 Å². The first-order valence-corrected chi connectivity index (χ1v) is 9.00. The zero-order valence-electron chi connectivity index (χ0n) is 12.7. The Morgan fingerprint density at radius 1 is 1.42 bits per heavy atom. The lowest BCUT2D eigenvalue weighted by Gasteiger charge is -2.07. The molecule has 24 heavy (non-hydrogen) atoms. The lowest BCUT2D eigenvalue weighted by Crippen LogP contribution is -2.20. The van der Waals surface area contributed by atoms with Crippen molar-refractivity contribution < 1.29 is 19.1 Å². The van der Waals surface area contributed by atoms with Crippen LogP contribution < -0.4 is 10.1 Å². The van der Waals surface area contributed by atoms with Crippen molar-refractivity contribution in [2.45, 2.75) is 13.3 Å². The maximum atomic E-state index is 11.9. The summed E-state index contributed by atoms with van der Waals surface area (Å²) in [4.78, 5) is 27.4. The molecule has 128 valence electrons. The first-order chi connectivity index (χ1) is 11.5. The Balaban J connectivity index is 1.84. The molecule has 0 spiro atoms. The van der Waals surface area contributed by atoms with E-state index >= 15 is 0 Å². The second-order valence-corrected chi connectivity index (χ2v) is 6.72. The van der Waals surface area contributed by atoms with Crippen molar-refractivity contribution >= 4 is 55.9 Å². The fraction of sp³-hybridized carbons (Fsp3) is 0.267. The van der Waals surface area contributed by atoms with E-state index in [9.17, 15) is 9.59 Å². The molecule has 0 aliphatic rings. The van der Waals surface area contributed by atoms with Crippen LogP contribution in [0.2, 0.25) is 5.02 Å². The van der Waals surface area contributed by atoms with Crippen molar-refractivity contribution in [1.82, 2.24) is 4.98 Å². The van der Waals surface area contributed by atoms with Crippen molar-refractivity contribution in [2.75, 3.05) is 18.5 Å². The van der Waals surface area contributed by atoms with Crippen molar-refractivity contribution in [1.29, 1.82) is 0 Å². The molecule has 6 nitrogen and oxygen atoms in total. The van der Waals surface area contributed by atoms with Gasteiger partial charge in [0.1, 0.15) is 5.75 Å². The van der Waals surface area contributed by atoms with Crippen LogP contribution >= 0.6 is 38.9 Å². The number of aromatic nitrogens is 1. The van der Waals surface area contributed by atoms with E-state index < -0.39 is 0 Å². The highest BCUT2D eigenvalue weighted by Gasteiger charge is 2.11. The van der Waals surface area contributed by atoms with Crippen LogP contribution in [0, 0.1) is 0 Å². The third-order valence-corrected chi connectivity index (χ3v) is 4.28. The molecule has 0 fully saturated rings. The Labute approximate surface area is 156 Å². The molecule has 0 bridgehead atoms. The molecule has 0 radical (unpaired) electrons. The number of ether oxygens (including phenoxy) is 2. The molecule has 1 N–H and O–H groups in total. The highest BCUT2D eigenvalue weighted by atomic mass is 79.9. The SMILES string of the molecule is CCOC(=O)Cc1csc(NC(=O)COc2ccc(Br)cc2Cl)n1. The molecule has 2 aromatic rings. The summed E-state index contributed by atoms with van der Waals surface area (Å²) in [6, 6.07) is 5.11. The summed E-state index contributed by atoms with van der Waals surface area (Å²) in [5.74, 6) is -0.308. The third-order valence-electron chi connectivity index (χ3n) is 2.68. The number of nitrogens with one attached hydrogen (secondary N) is 1. The molecule has 1 heterocycles. The molecule has 0 aliphatic carbocycles. The Hall–Kier alpha value is -1.64. The number of carbonyl (C=O) groups is 2. The summed E-state index contributed by atoms with van der Waals surface area (Å²) in [6.07, 6.45) is 0.0746. The van der Waals surface area contributed by atoms with Gasteiger partial charge < -0.3 is 9.47 Å². The molecule has 1 aromatic heterocycles. The predicted molar refractivity (Wildman–Crippen MR) is 95.7 cm³/mol. The molecule has 0 aliphatic heterocycles. The number of benzene rings is 1. The minimum Gasteiger partial charge on any atom is -0.482 e. The summed E-state index contributed by atoms with van der Waals surface area (Å²) in [5, 5.41) is 5.10. The van der Waals surface area contributed by atoms with Gasteiger partial charge in [0.05, 0.1) is 23.7 Å². The topological polar surface area (TPSA) is 77.5 Å². The van der Waals surface area contributed by atoms with Gasteiger partial charge in [0.15, 0.2) is 11.7 Å². The molecule has 0 saturated carbocycles. The Bertz CT molecular complexity index is 738. The van der Waals surface area contributed by atoms with E-state index in [1.54, 1.807) is 30.5 Å². The third kappa shape index (κ3) is 5.77. The monoisotopic (exact) mass is 432 g/mol. The van der Waals surface area contributed by atoms with E-state index in [1.807, 2.05) is 0 Å². The van der Waals surface area contributed by atoms with Gasteiger partial charge in [0.25, 0.3) is 5.91 Å². The molecular formula is C15H14BrClN2O4S. The minimum atomic E-state index is -0.369. The van der Waals surface area contributed by atoms with E-state index in [4.69, 9.17) is 21.1 Å². The fourth-order valence-electron chi connectivity index (χ4n) is 1.70. The first kappa shape index (κ1) is 18.7. The maximum Gasteiger partial charge on any atom is 0.311 e. The standard InChI is InChI=1S/C15H14BrClN2O4S/c1-2-22-14(21)6-10-8-24-15(18-10)19-13(20)7-23-12-4-3-9(16)5-11(12)17/h3-5,8H,2,6-7H2,1H3,(H,18,19,20). The number of thiazole rings is 1. The molecule has 0 unspecified atom stereocenters. The highest BCUT2D eigenvalue weighted by molar-refractivity contribution is 9.10. The number of halogens is 2. The number of hydrogen-bond acceptors (Lipinski definition) is 6. The number of esters is 1. The van der Waals surface area contributed by atoms with E-state index in [0.29, 0.717) is 28.2 Å². The van der Waals surface area contributed by atoms with Gasteiger partial charge >= 0.3 is 5.97 Å². The van der Waals surface area contributed by atoms with Gasteiger partial charge in [-0.1, -0.05) is 27.5 Å². The molecular weight excluding hydrogens is 420 g/mol. The number of nitrogens with zero attached hydrogens (tertiary/aromatic N) is 1. The van der Waals surface area contributed by atoms with Gasteiger partial charge in [-0.2, -0.15) is 0 Å². The Kier molecular flexibility index (Phi) is 7.01. The van der Waals surface area contributed by atoms with Crippen LogP contribution in [-0.2, 0) is 20.7 Å². The second kappa shape index (κ2) is 9.00. The minimum absolute atomic E-state index is 0.0746. The summed E-state index contributed by atoms with van der Waals surface area (Å²) >= 11 is 10.5.